The standard InChI is InChI=1S/C22H23F2N5O2/c1-15-4-2-3-5-17(15)22-26-21(31-27-22)14-29-10-8-28(9-11-29)13-20(30)25-19-7-6-16(23)12-18(19)24/h2-7,12H,8-11,13-14H2,1H3,(H,25,30). The average Bonchev–Trinajstić information content (AvgIpc) is 3.20. The van der Waals surface area contributed by atoms with E-state index in [1.165, 1.54) is 6.07 Å². The van der Waals surface area contributed by atoms with Gasteiger partial charge in [0.05, 0.1) is 18.8 Å². The van der Waals surface area contributed by atoms with Crippen molar-refractivity contribution in [1.29, 1.82) is 0 Å². The van der Waals surface area contributed by atoms with Gasteiger partial charge in [0.25, 0.3) is 0 Å². The number of halogens is 2. The van der Waals surface area contributed by atoms with Crippen LogP contribution in [0.1, 0.15) is 11.5 Å². The maximum atomic E-state index is 13.7. The minimum absolute atomic E-state index is 0.0223. The molecule has 1 fully saturated rings. The lowest BCUT2D eigenvalue weighted by Crippen LogP contribution is -2.48. The number of amides is 1. The highest BCUT2D eigenvalue weighted by Gasteiger charge is 2.21. The predicted molar refractivity (Wildman–Crippen MR) is 111 cm³/mol. The molecule has 1 aliphatic rings. The summed E-state index contributed by atoms with van der Waals surface area (Å²) in [5.74, 6) is -0.673. The van der Waals surface area contributed by atoms with Crippen LogP contribution in [0.5, 0.6) is 0 Å². The zero-order valence-electron chi connectivity index (χ0n) is 17.1. The van der Waals surface area contributed by atoms with Gasteiger partial charge in [0.15, 0.2) is 0 Å². The zero-order valence-corrected chi connectivity index (χ0v) is 17.1. The van der Waals surface area contributed by atoms with Gasteiger partial charge in [-0.2, -0.15) is 4.98 Å². The number of benzene rings is 2. The van der Waals surface area contributed by atoms with Crippen LogP contribution in [0.3, 0.4) is 0 Å². The van der Waals surface area contributed by atoms with Crippen LogP contribution in [0.4, 0.5) is 14.5 Å². The maximum Gasteiger partial charge on any atom is 0.241 e. The molecule has 1 amide bonds. The molecular formula is C22H23F2N5O2. The number of rotatable bonds is 6. The zero-order chi connectivity index (χ0) is 21.8. The van der Waals surface area contributed by atoms with Gasteiger partial charge in [-0.3, -0.25) is 14.6 Å². The summed E-state index contributed by atoms with van der Waals surface area (Å²) in [6.45, 7) is 5.52. The van der Waals surface area contributed by atoms with E-state index in [2.05, 4.69) is 20.4 Å². The molecule has 0 radical (unpaired) electrons. The van der Waals surface area contributed by atoms with Crippen molar-refractivity contribution in [3.8, 4) is 11.4 Å². The van der Waals surface area contributed by atoms with E-state index in [4.69, 9.17) is 4.52 Å². The van der Waals surface area contributed by atoms with Gasteiger partial charge in [0.1, 0.15) is 11.6 Å². The molecule has 0 unspecified atom stereocenters. The van der Waals surface area contributed by atoms with Crippen LogP contribution in [-0.4, -0.2) is 58.6 Å². The van der Waals surface area contributed by atoms with E-state index in [1.54, 1.807) is 0 Å². The Morgan fingerprint density at radius 3 is 2.58 bits per heavy atom. The Hall–Kier alpha value is -3.17. The average molecular weight is 427 g/mol. The number of aromatic nitrogens is 2. The fraction of sp³-hybridized carbons (Fsp3) is 0.318. The number of hydrogen-bond donors (Lipinski definition) is 1. The number of nitrogens with one attached hydrogen (secondary N) is 1. The van der Waals surface area contributed by atoms with Gasteiger partial charge in [-0.1, -0.05) is 29.4 Å². The van der Waals surface area contributed by atoms with Crippen LogP contribution in [0.2, 0.25) is 0 Å². The van der Waals surface area contributed by atoms with E-state index in [9.17, 15) is 13.6 Å². The summed E-state index contributed by atoms with van der Waals surface area (Å²) in [6.07, 6.45) is 0. The van der Waals surface area contributed by atoms with Crippen LogP contribution in [0.15, 0.2) is 47.0 Å². The van der Waals surface area contributed by atoms with E-state index >= 15 is 0 Å². The minimum atomic E-state index is -0.789. The summed E-state index contributed by atoms with van der Waals surface area (Å²) < 4.78 is 32.1. The number of carbonyl (C=O) groups excluding carboxylic acids is 1. The highest BCUT2D eigenvalue weighted by Crippen LogP contribution is 2.20. The lowest BCUT2D eigenvalue weighted by atomic mass is 10.1. The third-order valence-electron chi connectivity index (χ3n) is 5.25. The van der Waals surface area contributed by atoms with Crippen molar-refractivity contribution in [2.45, 2.75) is 13.5 Å². The molecule has 1 N–H and O–H groups in total. The molecule has 0 atom stereocenters. The van der Waals surface area contributed by atoms with E-state index < -0.39 is 11.6 Å². The monoisotopic (exact) mass is 427 g/mol. The first kappa shape index (κ1) is 21.1. The summed E-state index contributed by atoms with van der Waals surface area (Å²) in [5.41, 5.74) is 2.01. The van der Waals surface area contributed by atoms with Crippen LogP contribution in [0.25, 0.3) is 11.4 Å². The molecule has 4 rings (SSSR count). The Bertz CT molecular complexity index is 1060. The van der Waals surface area contributed by atoms with Gasteiger partial charge in [-0.25, -0.2) is 8.78 Å². The third kappa shape index (κ3) is 5.31. The normalized spacial score (nSPS) is 15.2. The lowest BCUT2D eigenvalue weighted by molar-refractivity contribution is -0.117. The van der Waals surface area contributed by atoms with Crippen LogP contribution >= 0.6 is 0 Å². The Kier molecular flexibility index (Phi) is 6.34. The van der Waals surface area contributed by atoms with Crippen molar-refractivity contribution in [2.75, 3.05) is 38.0 Å². The quantitative estimate of drug-likeness (QED) is 0.652. The molecule has 0 spiro atoms. The highest BCUT2D eigenvalue weighted by molar-refractivity contribution is 5.92. The maximum absolute atomic E-state index is 13.7. The van der Waals surface area contributed by atoms with Gasteiger partial charge >= 0.3 is 0 Å². The Labute approximate surface area is 178 Å². The Balaban J connectivity index is 1.25. The number of nitrogens with zero attached hydrogens (tertiary/aromatic N) is 4. The van der Waals surface area contributed by atoms with E-state index in [0.29, 0.717) is 31.3 Å². The molecule has 2 heterocycles. The van der Waals surface area contributed by atoms with Gasteiger partial charge in [-0.15, -0.1) is 0 Å². The second-order valence-corrected chi connectivity index (χ2v) is 7.55. The molecule has 0 bridgehead atoms. The first-order chi connectivity index (χ1) is 15.0. The van der Waals surface area contributed by atoms with Crippen molar-refractivity contribution in [2.24, 2.45) is 0 Å². The van der Waals surface area contributed by atoms with Crippen LogP contribution < -0.4 is 5.32 Å². The van der Waals surface area contributed by atoms with Gasteiger partial charge in [0.2, 0.25) is 17.6 Å². The summed E-state index contributed by atoms with van der Waals surface area (Å²) in [5, 5.41) is 6.58. The largest absolute Gasteiger partial charge is 0.338 e. The van der Waals surface area contributed by atoms with Gasteiger partial charge in [0, 0.05) is 37.8 Å². The topological polar surface area (TPSA) is 74.5 Å². The molecule has 162 valence electrons. The van der Waals surface area contributed by atoms with Crippen LogP contribution in [-0.2, 0) is 11.3 Å². The molecule has 9 heteroatoms. The van der Waals surface area contributed by atoms with Crippen molar-refractivity contribution < 1.29 is 18.1 Å². The number of hydrogen-bond acceptors (Lipinski definition) is 6. The summed E-state index contributed by atoms with van der Waals surface area (Å²) in [6, 6.07) is 11.0. The van der Waals surface area contributed by atoms with E-state index in [0.717, 1.165) is 36.3 Å². The third-order valence-corrected chi connectivity index (χ3v) is 5.25. The summed E-state index contributed by atoms with van der Waals surface area (Å²) in [7, 11) is 0. The molecule has 3 aromatic rings. The minimum Gasteiger partial charge on any atom is -0.338 e. The summed E-state index contributed by atoms with van der Waals surface area (Å²) >= 11 is 0. The molecule has 2 aromatic carbocycles. The van der Waals surface area contributed by atoms with Crippen molar-refractivity contribution >= 4 is 11.6 Å². The fourth-order valence-corrected chi connectivity index (χ4v) is 3.53. The van der Waals surface area contributed by atoms with Crippen LogP contribution in [0, 0.1) is 18.6 Å². The number of anilines is 1. The fourth-order valence-electron chi connectivity index (χ4n) is 3.53. The van der Waals surface area contributed by atoms with Gasteiger partial charge < -0.3 is 9.84 Å². The molecule has 1 saturated heterocycles. The molecule has 1 aliphatic heterocycles. The number of aryl methyl sites for hydroxylation is 1. The SMILES string of the molecule is Cc1ccccc1-c1noc(CN2CCN(CC(=O)Nc3ccc(F)cc3F)CC2)n1. The molecule has 1 aromatic heterocycles. The Morgan fingerprint density at radius 1 is 1.10 bits per heavy atom. The second-order valence-electron chi connectivity index (χ2n) is 7.55. The van der Waals surface area contributed by atoms with E-state index in [1.807, 2.05) is 36.1 Å². The molecule has 31 heavy (non-hydrogen) atoms. The van der Waals surface area contributed by atoms with Crippen molar-refractivity contribution in [1.82, 2.24) is 19.9 Å². The number of carbonyl (C=O) groups is 1. The number of piperazine rings is 1. The van der Waals surface area contributed by atoms with Crippen molar-refractivity contribution in [3.05, 3.63) is 65.6 Å². The molecule has 0 aliphatic carbocycles. The highest BCUT2D eigenvalue weighted by atomic mass is 19.1. The second kappa shape index (κ2) is 9.32. The Morgan fingerprint density at radius 2 is 1.84 bits per heavy atom. The van der Waals surface area contributed by atoms with E-state index in [-0.39, 0.29) is 18.1 Å². The molecule has 7 nitrogen and oxygen atoms in total. The molecule has 0 saturated carbocycles. The first-order valence-electron chi connectivity index (χ1n) is 10.1. The van der Waals surface area contributed by atoms with Crippen molar-refractivity contribution in [3.63, 3.8) is 0 Å². The first-order valence-corrected chi connectivity index (χ1v) is 10.1. The van der Waals surface area contributed by atoms with Gasteiger partial charge in [-0.05, 0) is 24.6 Å². The lowest BCUT2D eigenvalue weighted by Gasteiger charge is -2.33. The molecular weight excluding hydrogens is 404 g/mol. The summed E-state index contributed by atoms with van der Waals surface area (Å²) in [4.78, 5) is 20.9. The smallest absolute Gasteiger partial charge is 0.241 e. The predicted octanol–water partition coefficient (Wildman–Crippen LogP) is 3.08.